The molecule has 2 rings (SSSR count). The average molecular weight is 441 g/mol. The Bertz CT molecular complexity index is 847. The van der Waals surface area contributed by atoms with Crippen molar-refractivity contribution < 1.29 is 19.1 Å². The minimum atomic E-state index is -0.567. The fourth-order valence-corrected chi connectivity index (χ4v) is 3.39. The molecule has 0 aliphatic carbocycles. The van der Waals surface area contributed by atoms with Crippen molar-refractivity contribution >= 4 is 11.8 Å². The molecule has 2 aromatic rings. The molecule has 6 heteroatoms. The van der Waals surface area contributed by atoms with Crippen molar-refractivity contribution in [3.05, 3.63) is 59.7 Å². The van der Waals surface area contributed by atoms with Gasteiger partial charge in [0.2, 0.25) is 5.91 Å². The highest BCUT2D eigenvalue weighted by Crippen LogP contribution is 2.20. The quantitative estimate of drug-likeness (QED) is 0.526. The number of carbonyl (C=O) groups is 2. The predicted octanol–water partition coefficient (Wildman–Crippen LogP) is 4.53. The van der Waals surface area contributed by atoms with Crippen molar-refractivity contribution in [1.82, 2.24) is 10.2 Å². The van der Waals surface area contributed by atoms with Gasteiger partial charge in [-0.2, -0.15) is 0 Å². The van der Waals surface area contributed by atoms with E-state index in [4.69, 9.17) is 9.47 Å². The van der Waals surface area contributed by atoms with E-state index in [2.05, 4.69) is 19.2 Å². The van der Waals surface area contributed by atoms with Crippen molar-refractivity contribution in [3.63, 3.8) is 0 Å². The number of rotatable bonds is 12. The maximum absolute atomic E-state index is 13.2. The third kappa shape index (κ3) is 7.29. The number of nitrogens with zero attached hydrogens (tertiary/aromatic N) is 1. The summed E-state index contributed by atoms with van der Waals surface area (Å²) < 4.78 is 11.0. The zero-order valence-corrected chi connectivity index (χ0v) is 19.9. The van der Waals surface area contributed by atoms with E-state index in [1.54, 1.807) is 12.0 Å². The lowest BCUT2D eigenvalue weighted by atomic mass is 10.0. The Morgan fingerprint density at radius 2 is 1.59 bits per heavy atom. The van der Waals surface area contributed by atoms with Crippen LogP contribution in [0, 0.1) is 0 Å². The first kappa shape index (κ1) is 25.2. The fourth-order valence-electron chi connectivity index (χ4n) is 3.39. The average Bonchev–Trinajstić information content (AvgIpc) is 2.81. The molecule has 174 valence electrons. The molecule has 0 heterocycles. The molecular formula is C26H36N2O4. The van der Waals surface area contributed by atoms with Crippen molar-refractivity contribution in [2.24, 2.45) is 0 Å². The summed E-state index contributed by atoms with van der Waals surface area (Å²) in [5.74, 6) is 1.44. The van der Waals surface area contributed by atoms with Gasteiger partial charge in [-0.3, -0.25) is 9.59 Å². The van der Waals surface area contributed by atoms with Crippen LogP contribution in [0.3, 0.4) is 0 Å². The highest BCUT2D eigenvalue weighted by Gasteiger charge is 2.28. The van der Waals surface area contributed by atoms with Gasteiger partial charge in [0.15, 0.2) is 6.61 Å². The second-order valence-electron chi connectivity index (χ2n) is 8.10. The number of ether oxygens (including phenoxy) is 2. The van der Waals surface area contributed by atoms with Crippen molar-refractivity contribution in [3.8, 4) is 11.5 Å². The number of amides is 2. The van der Waals surface area contributed by atoms with Gasteiger partial charge in [0, 0.05) is 13.1 Å². The van der Waals surface area contributed by atoms with Gasteiger partial charge in [-0.05, 0) is 54.2 Å². The summed E-state index contributed by atoms with van der Waals surface area (Å²) in [5.41, 5.74) is 2.13. The normalized spacial score (nSPS) is 11.7. The lowest BCUT2D eigenvalue weighted by molar-refractivity contribution is -0.143. The first-order valence-corrected chi connectivity index (χ1v) is 11.3. The Morgan fingerprint density at radius 3 is 2.12 bits per heavy atom. The third-order valence-corrected chi connectivity index (χ3v) is 5.36. The van der Waals surface area contributed by atoms with Crippen LogP contribution >= 0.6 is 0 Å². The van der Waals surface area contributed by atoms with Crippen LogP contribution in [0.2, 0.25) is 0 Å². The van der Waals surface area contributed by atoms with Gasteiger partial charge in [0.25, 0.3) is 5.91 Å². The maximum Gasteiger partial charge on any atom is 0.261 e. The van der Waals surface area contributed by atoms with Crippen LogP contribution in [0.4, 0.5) is 0 Å². The second kappa shape index (κ2) is 12.7. The fraction of sp³-hybridized carbons (Fsp3) is 0.462. The molecule has 2 amide bonds. The Balaban J connectivity index is 2.16. The first-order chi connectivity index (χ1) is 15.4. The van der Waals surface area contributed by atoms with Crippen molar-refractivity contribution in [2.75, 3.05) is 20.3 Å². The summed E-state index contributed by atoms with van der Waals surface area (Å²) in [6, 6.07) is 14.7. The van der Waals surface area contributed by atoms with Crippen LogP contribution in [-0.2, 0) is 16.1 Å². The number of hydrogen-bond acceptors (Lipinski definition) is 4. The highest BCUT2D eigenvalue weighted by atomic mass is 16.5. The van der Waals surface area contributed by atoms with Gasteiger partial charge in [-0.1, -0.05) is 52.0 Å². The summed E-state index contributed by atoms with van der Waals surface area (Å²) in [7, 11) is 1.61. The van der Waals surface area contributed by atoms with E-state index in [0.717, 1.165) is 17.7 Å². The van der Waals surface area contributed by atoms with E-state index in [9.17, 15) is 9.59 Å². The molecule has 0 aliphatic rings. The molecule has 1 atom stereocenters. The van der Waals surface area contributed by atoms with Crippen molar-refractivity contribution in [2.45, 2.75) is 59.0 Å². The summed E-state index contributed by atoms with van der Waals surface area (Å²) >= 11 is 0. The second-order valence-corrected chi connectivity index (χ2v) is 8.10. The Labute approximate surface area is 191 Å². The largest absolute Gasteiger partial charge is 0.497 e. The van der Waals surface area contributed by atoms with Crippen LogP contribution in [0.5, 0.6) is 11.5 Å². The standard InChI is InChI=1S/C26H36N2O4/c1-6-16-27-26(30)24(7-2)28(17-20-8-12-22(31-5)13-9-20)25(29)18-32-23-14-10-21(11-15-23)19(3)4/h8-15,19,24H,6-7,16-18H2,1-5H3,(H,27,30)/t24-/m0/s1. The summed E-state index contributed by atoms with van der Waals surface area (Å²) in [6.45, 7) is 8.94. The zero-order valence-electron chi connectivity index (χ0n) is 19.9. The van der Waals surface area contributed by atoms with Gasteiger partial charge in [-0.25, -0.2) is 0 Å². The molecular weight excluding hydrogens is 404 g/mol. The van der Waals surface area contributed by atoms with Gasteiger partial charge >= 0.3 is 0 Å². The van der Waals surface area contributed by atoms with Crippen LogP contribution in [-0.4, -0.2) is 43.0 Å². The number of nitrogens with one attached hydrogen (secondary N) is 1. The molecule has 0 fully saturated rings. The molecule has 2 aromatic carbocycles. The van der Waals surface area contributed by atoms with Gasteiger partial charge in [0.05, 0.1) is 7.11 Å². The minimum Gasteiger partial charge on any atom is -0.497 e. The van der Waals surface area contributed by atoms with Crippen LogP contribution < -0.4 is 14.8 Å². The smallest absolute Gasteiger partial charge is 0.261 e. The van der Waals surface area contributed by atoms with E-state index in [1.165, 1.54) is 5.56 Å². The summed E-state index contributed by atoms with van der Waals surface area (Å²) in [5, 5.41) is 2.92. The van der Waals surface area contributed by atoms with Crippen molar-refractivity contribution in [1.29, 1.82) is 0 Å². The molecule has 0 aromatic heterocycles. The van der Waals surface area contributed by atoms with E-state index < -0.39 is 6.04 Å². The Hall–Kier alpha value is -3.02. The molecule has 0 spiro atoms. The molecule has 0 bridgehead atoms. The SMILES string of the molecule is CCCNC(=O)[C@H](CC)N(Cc1ccc(OC)cc1)C(=O)COc1ccc(C(C)C)cc1. The molecule has 0 aliphatic heterocycles. The van der Waals surface area contributed by atoms with Crippen LogP contribution in [0.1, 0.15) is 57.6 Å². The van der Waals surface area contributed by atoms with E-state index >= 15 is 0 Å². The van der Waals surface area contributed by atoms with Crippen LogP contribution in [0.15, 0.2) is 48.5 Å². The topological polar surface area (TPSA) is 67.9 Å². The number of carbonyl (C=O) groups excluding carboxylic acids is 2. The molecule has 0 saturated heterocycles. The van der Waals surface area contributed by atoms with Gasteiger partial charge in [-0.15, -0.1) is 0 Å². The monoisotopic (exact) mass is 440 g/mol. The maximum atomic E-state index is 13.2. The predicted molar refractivity (Wildman–Crippen MR) is 127 cm³/mol. The highest BCUT2D eigenvalue weighted by molar-refractivity contribution is 5.88. The summed E-state index contributed by atoms with van der Waals surface area (Å²) in [6.07, 6.45) is 1.35. The summed E-state index contributed by atoms with van der Waals surface area (Å²) in [4.78, 5) is 27.6. The van der Waals surface area contributed by atoms with Crippen LogP contribution in [0.25, 0.3) is 0 Å². The molecule has 6 nitrogen and oxygen atoms in total. The lowest BCUT2D eigenvalue weighted by Gasteiger charge is -2.30. The minimum absolute atomic E-state index is 0.130. The van der Waals surface area contributed by atoms with Gasteiger partial charge < -0.3 is 19.7 Å². The Kier molecular flexibility index (Phi) is 10.1. The Morgan fingerprint density at radius 1 is 0.969 bits per heavy atom. The first-order valence-electron chi connectivity index (χ1n) is 11.3. The molecule has 0 unspecified atom stereocenters. The number of benzene rings is 2. The zero-order chi connectivity index (χ0) is 23.5. The van der Waals surface area contributed by atoms with E-state index in [1.807, 2.05) is 62.4 Å². The molecule has 1 N–H and O–H groups in total. The molecule has 0 radical (unpaired) electrons. The van der Waals surface area contributed by atoms with Gasteiger partial charge in [0.1, 0.15) is 17.5 Å². The molecule has 0 saturated carbocycles. The lowest BCUT2D eigenvalue weighted by Crippen LogP contribution is -2.50. The molecule has 32 heavy (non-hydrogen) atoms. The van der Waals surface area contributed by atoms with E-state index in [0.29, 0.717) is 31.2 Å². The third-order valence-electron chi connectivity index (χ3n) is 5.36. The number of methoxy groups -OCH3 is 1. The van der Waals surface area contributed by atoms with E-state index in [-0.39, 0.29) is 18.4 Å². The number of hydrogen-bond donors (Lipinski definition) is 1.